The zero-order chi connectivity index (χ0) is 29.7. The van der Waals surface area contributed by atoms with Crippen molar-refractivity contribution in [3.63, 3.8) is 0 Å². The summed E-state index contributed by atoms with van der Waals surface area (Å²) in [5.74, 6) is 1.26. The van der Waals surface area contributed by atoms with E-state index in [4.69, 9.17) is 11.1 Å². The number of likely N-dealkylation sites (tertiary alicyclic amines) is 1. The van der Waals surface area contributed by atoms with Crippen LogP contribution in [0.3, 0.4) is 0 Å². The fourth-order valence-corrected chi connectivity index (χ4v) is 6.83. The van der Waals surface area contributed by atoms with Gasteiger partial charge in [-0.2, -0.15) is 5.10 Å². The van der Waals surface area contributed by atoms with Crippen LogP contribution in [0.4, 0.5) is 11.4 Å². The number of nitrogens with two attached hydrogens (primary N) is 1. The van der Waals surface area contributed by atoms with Crippen molar-refractivity contribution in [2.75, 3.05) is 49.9 Å². The number of carbonyl (C=O) groups excluding carboxylic acids is 2. The van der Waals surface area contributed by atoms with E-state index < -0.39 is 5.41 Å². The molecule has 2 saturated heterocycles. The Labute approximate surface area is 251 Å². The van der Waals surface area contributed by atoms with Gasteiger partial charge in [-0.3, -0.25) is 19.2 Å². The first kappa shape index (κ1) is 27.5. The molecule has 1 aliphatic carbocycles. The average molecular weight is 579 g/mol. The molecular weight excluding hydrogens is 540 g/mol. The van der Waals surface area contributed by atoms with Gasteiger partial charge in [0, 0.05) is 67.4 Å². The van der Waals surface area contributed by atoms with E-state index in [1.807, 2.05) is 47.2 Å². The first-order chi connectivity index (χ1) is 20.8. The van der Waals surface area contributed by atoms with Crippen LogP contribution >= 0.6 is 0 Å². The molecule has 4 heterocycles. The van der Waals surface area contributed by atoms with Crippen molar-refractivity contribution in [2.24, 2.45) is 18.4 Å². The van der Waals surface area contributed by atoms with Gasteiger partial charge in [-0.1, -0.05) is 30.3 Å². The number of nitrogens with one attached hydrogen (secondary N) is 1. The highest BCUT2D eigenvalue weighted by Gasteiger charge is 2.51. The number of aryl methyl sites for hydroxylation is 1. The summed E-state index contributed by atoms with van der Waals surface area (Å²) in [6, 6.07) is 13.9. The molecule has 1 spiro atoms. The molecule has 43 heavy (non-hydrogen) atoms. The minimum atomic E-state index is -0.447. The van der Waals surface area contributed by atoms with Gasteiger partial charge in [0.25, 0.3) is 0 Å². The second-order valence-electron chi connectivity index (χ2n) is 12.5. The van der Waals surface area contributed by atoms with Gasteiger partial charge in [0.1, 0.15) is 6.33 Å². The van der Waals surface area contributed by atoms with E-state index in [-0.39, 0.29) is 11.8 Å². The second-order valence-corrected chi connectivity index (χ2v) is 12.5. The fourth-order valence-electron chi connectivity index (χ4n) is 6.83. The molecule has 3 N–H and O–H groups in total. The summed E-state index contributed by atoms with van der Waals surface area (Å²) in [6.45, 7) is 3.64. The molecule has 0 bridgehead atoms. The highest BCUT2D eigenvalue weighted by Crippen LogP contribution is 2.43. The molecule has 4 aliphatic rings. The molecule has 0 radical (unpaired) electrons. The number of anilines is 2. The van der Waals surface area contributed by atoms with Crippen molar-refractivity contribution >= 4 is 34.5 Å². The Kier molecular flexibility index (Phi) is 6.88. The maximum atomic E-state index is 13.8. The predicted octanol–water partition coefficient (Wildman–Crippen LogP) is 3.59. The number of nitrogens with zero attached hydrogens (tertiary/aromatic N) is 6. The Morgan fingerprint density at radius 2 is 1.84 bits per heavy atom. The quantitative estimate of drug-likeness (QED) is 0.326. The van der Waals surface area contributed by atoms with Crippen LogP contribution in [0.5, 0.6) is 0 Å². The smallest absolute Gasteiger partial charge is 0.237 e. The summed E-state index contributed by atoms with van der Waals surface area (Å²) < 4.78 is 1.70. The van der Waals surface area contributed by atoms with Crippen molar-refractivity contribution in [3.05, 3.63) is 66.0 Å². The molecule has 3 fully saturated rings. The molecule has 1 atom stereocenters. The molecule has 2 aromatic carbocycles. The van der Waals surface area contributed by atoms with Gasteiger partial charge < -0.3 is 20.9 Å². The number of hydrogen-bond acceptors (Lipinski definition) is 7. The highest BCUT2D eigenvalue weighted by atomic mass is 16.2. The Morgan fingerprint density at radius 1 is 1.07 bits per heavy atom. The van der Waals surface area contributed by atoms with Crippen LogP contribution < -0.4 is 10.6 Å². The summed E-state index contributed by atoms with van der Waals surface area (Å²) in [5, 5.41) is 12.9. The van der Waals surface area contributed by atoms with E-state index in [1.54, 1.807) is 11.0 Å². The molecule has 1 aromatic heterocycles. The lowest BCUT2D eigenvalue weighted by Gasteiger charge is -2.29. The monoisotopic (exact) mass is 578 g/mol. The third kappa shape index (κ3) is 5.24. The summed E-state index contributed by atoms with van der Waals surface area (Å²) in [4.78, 5) is 37.3. The Morgan fingerprint density at radius 3 is 2.53 bits per heavy atom. The molecule has 7 rings (SSSR count). The number of amides is 2. The predicted molar refractivity (Wildman–Crippen MR) is 166 cm³/mol. The number of nitrogen functional groups attached to an aromatic ring is 1. The minimum absolute atomic E-state index is 0.119. The van der Waals surface area contributed by atoms with E-state index in [9.17, 15) is 9.59 Å². The summed E-state index contributed by atoms with van der Waals surface area (Å²) in [5.41, 5.74) is 11.9. The molecule has 222 valence electrons. The lowest BCUT2D eigenvalue weighted by atomic mass is 9.85. The topological polar surface area (TPSA) is 124 Å². The standard InChI is InChI=1S/C33H38N8O2/c1-38-21-36-31(37-38)25-6-2-22(3-7-25)23-10-14-40(15-11-23)29(42)19-39-16-12-33(20-39)13-17-41(32(33)43)26-8-9-28(34)27(18-26)30(35)24-4-5-24/h2-3,6-10,18,21,24,35H,4-5,11-17,19-20,34H2,1H3/t33-/m0/s1. The average Bonchev–Trinajstić information content (AvgIpc) is 3.54. The van der Waals surface area contributed by atoms with Crippen LogP contribution in [-0.4, -0.2) is 81.4 Å². The number of rotatable bonds is 7. The fraction of sp³-hybridized carbons (Fsp3) is 0.424. The summed E-state index contributed by atoms with van der Waals surface area (Å²) >= 11 is 0. The van der Waals surface area contributed by atoms with Crippen molar-refractivity contribution in [3.8, 4) is 11.4 Å². The van der Waals surface area contributed by atoms with E-state index in [2.05, 4.69) is 33.2 Å². The van der Waals surface area contributed by atoms with E-state index in [0.717, 1.165) is 61.0 Å². The van der Waals surface area contributed by atoms with Gasteiger partial charge in [-0.05, 0) is 68.0 Å². The zero-order valence-corrected chi connectivity index (χ0v) is 24.6. The molecule has 1 saturated carbocycles. The first-order valence-electron chi connectivity index (χ1n) is 15.3. The van der Waals surface area contributed by atoms with E-state index >= 15 is 0 Å². The summed E-state index contributed by atoms with van der Waals surface area (Å²) in [6.07, 6.45) is 8.29. The maximum Gasteiger partial charge on any atom is 0.237 e. The van der Waals surface area contributed by atoms with Crippen molar-refractivity contribution in [1.29, 1.82) is 5.41 Å². The van der Waals surface area contributed by atoms with Gasteiger partial charge in [-0.15, -0.1) is 0 Å². The van der Waals surface area contributed by atoms with Gasteiger partial charge in [0.05, 0.1) is 12.0 Å². The maximum absolute atomic E-state index is 13.8. The van der Waals surface area contributed by atoms with Crippen LogP contribution in [0.25, 0.3) is 17.0 Å². The lowest BCUT2D eigenvalue weighted by molar-refractivity contribution is -0.132. The van der Waals surface area contributed by atoms with Crippen molar-refractivity contribution < 1.29 is 9.59 Å². The Balaban J connectivity index is 0.948. The van der Waals surface area contributed by atoms with Gasteiger partial charge in [-0.25, -0.2) is 4.98 Å². The number of benzene rings is 2. The Bertz CT molecular complexity index is 1620. The van der Waals surface area contributed by atoms with Crippen molar-refractivity contribution in [2.45, 2.75) is 32.1 Å². The van der Waals surface area contributed by atoms with Gasteiger partial charge >= 0.3 is 0 Å². The molecule has 3 aliphatic heterocycles. The number of aromatic nitrogens is 3. The van der Waals surface area contributed by atoms with E-state index in [0.29, 0.717) is 55.9 Å². The van der Waals surface area contributed by atoms with E-state index in [1.165, 1.54) is 5.57 Å². The van der Waals surface area contributed by atoms with Gasteiger partial charge in [0.2, 0.25) is 11.8 Å². The largest absolute Gasteiger partial charge is 0.398 e. The molecule has 10 heteroatoms. The van der Waals surface area contributed by atoms with Crippen molar-refractivity contribution in [1.82, 2.24) is 24.6 Å². The second kappa shape index (κ2) is 10.8. The highest BCUT2D eigenvalue weighted by molar-refractivity contribution is 6.07. The third-order valence-electron chi connectivity index (χ3n) is 9.60. The minimum Gasteiger partial charge on any atom is -0.398 e. The summed E-state index contributed by atoms with van der Waals surface area (Å²) in [7, 11) is 1.86. The third-order valence-corrected chi connectivity index (χ3v) is 9.60. The molecule has 2 amide bonds. The van der Waals surface area contributed by atoms with Crippen LogP contribution in [0.15, 0.2) is 54.9 Å². The molecule has 3 aromatic rings. The molecular formula is C33H38N8O2. The van der Waals surface area contributed by atoms with Crippen LogP contribution in [0.2, 0.25) is 0 Å². The first-order valence-corrected chi connectivity index (χ1v) is 15.3. The van der Waals surface area contributed by atoms with Crippen LogP contribution in [0, 0.1) is 16.7 Å². The molecule has 10 nitrogen and oxygen atoms in total. The van der Waals surface area contributed by atoms with Crippen LogP contribution in [-0.2, 0) is 16.6 Å². The number of carbonyl (C=O) groups is 2. The van der Waals surface area contributed by atoms with Gasteiger partial charge in [0.15, 0.2) is 5.82 Å². The lowest BCUT2D eigenvalue weighted by Crippen LogP contribution is -2.43. The van der Waals surface area contributed by atoms with Crippen LogP contribution in [0.1, 0.15) is 43.2 Å². The number of hydrogen-bond donors (Lipinski definition) is 2. The normalized spacial score (nSPS) is 22.4. The zero-order valence-electron chi connectivity index (χ0n) is 24.6. The molecule has 0 unspecified atom stereocenters. The SMILES string of the molecule is Cn1cnc(-c2ccc(C3=CCN(C(=O)CN4CC[C@]5(CCN(c6ccc(N)c(C(=N)C7CC7)c6)C5=O)C4)CC3)cc2)n1. The Hall–Kier alpha value is -4.31.